The summed E-state index contributed by atoms with van der Waals surface area (Å²) in [6.07, 6.45) is 0. The summed E-state index contributed by atoms with van der Waals surface area (Å²) in [7, 11) is 0. The highest BCUT2D eigenvalue weighted by atomic mass is 79.9. The van der Waals surface area contributed by atoms with Gasteiger partial charge in [0.25, 0.3) is 0 Å². The van der Waals surface area contributed by atoms with E-state index in [-0.39, 0.29) is 0 Å². The number of nitrogens with one attached hydrogen (secondary N) is 1. The molecule has 0 atom stereocenters. The van der Waals surface area contributed by atoms with Crippen LogP contribution in [0.5, 0.6) is 5.75 Å². The summed E-state index contributed by atoms with van der Waals surface area (Å²) in [5, 5.41) is 13.2. The Balaban J connectivity index is 2.19. The van der Waals surface area contributed by atoms with Crippen LogP contribution in [0.4, 0.5) is 5.69 Å². The fourth-order valence-electron chi connectivity index (χ4n) is 2.00. The van der Waals surface area contributed by atoms with Gasteiger partial charge in [-0.2, -0.15) is 0 Å². The van der Waals surface area contributed by atoms with Crippen LogP contribution in [0, 0.1) is 13.8 Å². The molecule has 0 amide bonds. The number of aromatic hydroxyl groups is 1. The van der Waals surface area contributed by atoms with Crippen molar-refractivity contribution in [1.82, 2.24) is 0 Å². The maximum atomic E-state index is 9.77. The van der Waals surface area contributed by atoms with Crippen LogP contribution in [-0.2, 0) is 6.54 Å². The summed E-state index contributed by atoms with van der Waals surface area (Å²) in [5.41, 5.74) is 3.99. The van der Waals surface area contributed by atoms with Crippen LogP contribution in [0.3, 0.4) is 0 Å². The number of para-hydroxylation sites is 1. The van der Waals surface area contributed by atoms with Gasteiger partial charge in [-0.3, -0.25) is 0 Å². The van der Waals surface area contributed by atoms with Crippen molar-refractivity contribution >= 4 is 37.5 Å². The average Bonchev–Trinajstić information content (AvgIpc) is 2.35. The molecule has 0 heterocycles. The minimum absolute atomic E-state index is 0.380. The Bertz CT molecular complexity index is 568. The molecule has 0 fully saturated rings. The minimum atomic E-state index is 0.380. The molecule has 2 aromatic carbocycles. The number of anilines is 1. The number of phenolic OH excluding ortho intramolecular Hbond substituents is 1. The zero-order chi connectivity index (χ0) is 14.0. The molecule has 2 aromatic rings. The van der Waals surface area contributed by atoms with E-state index in [9.17, 15) is 5.11 Å². The third-order valence-corrected chi connectivity index (χ3v) is 4.30. The molecule has 0 spiro atoms. The molecular weight excluding hydrogens is 370 g/mol. The van der Waals surface area contributed by atoms with E-state index in [2.05, 4.69) is 37.2 Å². The summed E-state index contributed by atoms with van der Waals surface area (Å²) in [5.74, 6) is 0.380. The van der Waals surface area contributed by atoms with Gasteiger partial charge in [0.1, 0.15) is 5.75 Å². The quantitative estimate of drug-likeness (QED) is 0.767. The molecule has 0 saturated carbocycles. The first kappa shape index (κ1) is 14.4. The lowest BCUT2D eigenvalue weighted by Crippen LogP contribution is -2.01. The molecule has 100 valence electrons. The maximum absolute atomic E-state index is 9.77. The van der Waals surface area contributed by atoms with Gasteiger partial charge in [0.2, 0.25) is 0 Å². The van der Waals surface area contributed by atoms with Crippen molar-refractivity contribution in [3.05, 3.63) is 56.0 Å². The SMILES string of the molecule is Cc1cc(CNc2c(Br)cccc2Br)cc(C)c1O. The van der Waals surface area contributed by atoms with Gasteiger partial charge in [-0.05, 0) is 74.5 Å². The topological polar surface area (TPSA) is 32.3 Å². The van der Waals surface area contributed by atoms with Gasteiger partial charge in [0.05, 0.1) is 5.69 Å². The maximum Gasteiger partial charge on any atom is 0.121 e. The highest BCUT2D eigenvalue weighted by molar-refractivity contribution is 9.11. The van der Waals surface area contributed by atoms with E-state index < -0.39 is 0 Å². The predicted octanol–water partition coefficient (Wildman–Crippen LogP) is 5.15. The van der Waals surface area contributed by atoms with Crippen LogP contribution in [0.15, 0.2) is 39.3 Å². The molecule has 0 aromatic heterocycles. The van der Waals surface area contributed by atoms with Crippen molar-refractivity contribution in [2.75, 3.05) is 5.32 Å². The number of phenols is 1. The van der Waals surface area contributed by atoms with E-state index >= 15 is 0 Å². The van der Waals surface area contributed by atoms with Gasteiger partial charge in [-0.25, -0.2) is 0 Å². The van der Waals surface area contributed by atoms with E-state index in [4.69, 9.17) is 0 Å². The Morgan fingerprint density at radius 1 is 1.05 bits per heavy atom. The molecule has 19 heavy (non-hydrogen) atoms. The number of rotatable bonds is 3. The fraction of sp³-hybridized carbons (Fsp3) is 0.200. The van der Waals surface area contributed by atoms with Crippen molar-refractivity contribution in [3.8, 4) is 5.75 Å². The second-order valence-electron chi connectivity index (χ2n) is 4.53. The second kappa shape index (κ2) is 5.97. The molecule has 0 unspecified atom stereocenters. The summed E-state index contributed by atoms with van der Waals surface area (Å²) >= 11 is 7.06. The third kappa shape index (κ3) is 3.31. The number of hydrogen-bond donors (Lipinski definition) is 2. The monoisotopic (exact) mass is 383 g/mol. The van der Waals surface area contributed by atoms with Crippen LogP contribution in [0.2, 0.25) is 0 Å². The Morgan fingerprint density at radius 3 is 2.11 bits per heavy atom. The van der Waals surface area contributed by atoms with Gasteiger partial charge in [-0.1, -0.05) is 18.2 Å². The number of benzene rings is 2. The van der Waals surface area contributed by atoms with E-state index in [0.717, 1.165) is 31.3 Å². The molecule has 2 nitrogen and oxygen atoms in total. The highest BCUT2D eigenvalue weighted by Gasteiger charge is 2.06. The molecule has 2 N–H and O–H groups in total. The van der Waals surface area contributed by atoms with E-state index in [1.54, 1.807) is 0 Å². The molecule has 0 bridgehead atoms. The first-order valence-corrected chi connectivity index (χ1v) is 7.54. The largest absolute Gasteiger partial charge is 0.507 e. The summed E-state index contributed by atoms with van der Waals surface area (Å²) in [6, 6.07) is 9.98. The number of halogens is 2. The lowest BCUT2D eigenvalue weighted by atomic mass is 10.1. The fourth-order valence-corrected chi connectivity index (χ4v) is 3.28. The van der Waals surface area contributed by atoms with Crippen LogP contribution in [-0.4, -0.2) is 5.11 Å². The normalized spacial score (nSPS) is 10.5. The molecule has 0 aliphatic rings. The van der Waals surface area contributed by atoms with Crippen molar-refractivity contribution < 1.29 is 5.11 Å². The lowest BCUT2D eigenvalue weighted by molar-refractivity contribution is 0.466. The first-order valence-electron chi connectivity index (χ1n) is 5.96. The van der Waals surface area contributed by atoms with Crippen LogP contribution in [0.25, 0.3) is 0 Å². The first-order chi connectivity index (χ1) is 8.99. The molecular formula is C15H15Br2NO. The molecule has 0 saturated heterocycles. The molecule has 0 aliphatic carbocycles. The van der Waals surface area contributed by atoms with Crippen LogP contribution in [0.1, 0.15) is 16.7 Å². The summed E-state index contributed by atoms with van der Waals surface area (Å²) in [4.78, 5) is 0. The number of aryl methyl sites for hydroxylation is 2. The molecule has 0 radical (unpaired) electrons. The van der Waals surface area contributed by atoms with Gasteiger partial charge in [-0.15, -0.1) is 0 Å². The minimum Gasteiger partial charge on any atom is -0.507 e. The Kier molecular flexibility index (Phi) is 4.53. The predicted molar refractivity (Wildman–Crippen MR) is 86.7 cm³/mol. The zero-order valence-electron chi connectivity index (χ0n) is 10.8. The Morgan fingerprint density at radius 2 is 1.58 bits per heavy atom. The van der Waals surface area contributed by atoms with Crippen molar-refractivity contribution in [3.63, 3.8) is 0 Å². The second-order valence-corrected chi connectivity index (χ2v) is 6.24. The molecule has 4 heteroatoms. The highest BCUT2D eigenvalue weighted by Crippen LogP contribution is 2.31. The van der Waals surface area contributed by atoms with E-state index in [0.29, 0.717) is 12.3 Å². The summed E-state index contributed by atoms with van der Waals surface area (Å²) < 4.78 is 2.04. The Labute approximate surface area is 130 Å². The third-order valence-electron chi connectivity index (χ3n) is 2.98. The smallest absolute Gasteiger partial charge is 0.121 e. The van der Waals surface area contributed by atoms with Gasteiger partial charge in [0, 0.05) is 15.5 Å². The zero-order valence-corrected chi connectivity index (χ0v) is 14.0. The van der Waals surface area contributed by atoms with Gasteiger partial charge < -0.3 is 10.4 Å². The van der Waals surface area contributed by atoms with E-state index in [1.165, 1.54) is 0 Å². The van der Waals surface area contributed by atoms with Crippen molar-refractivity contribution in [2.45, 2.75) is 20.4 Å². The van der Waals surface area contributed by atoms with Gasteiger partial charge in [0.15, 0.2) is 0 Å². The molecule has 0 aliphatic heterocycles. The average molecular weight is 385 g/mol. The Hall–Kier alpha value is -1.00. The lowest BCUT2D eigenvalue weighted by Gasteiger charge is -2.12. The summed E-state index contributed by atoms with van der Waals surface area (Å²) in [6.45, 7) is 4.55. The standard InChI is InChI=1S/C15H15Br2NO/c1-9-6-11(7-10(2)15(9)19)8-18-14-12(16)4-3-5-13(14)17/h3-7,18-19H,8H2,1-2H3. The number of hydrogen-bond acceptors (Lipinski definition) is 2. The van der Waals surface area contributed by atoms with Gasteiger partial charge >= 0.3 is 0 Å². The van der Waals surface area contributed by atoms with Crippen LogP contribution >= 0.6 is 31.9 Å². The van der Waals surface area contributed by atoms with Crippen LogP contribution < -0.4 is 5.32 Å². The van der Waals surface area contributed by atoms with Crippen molar-refractivity contribution in [1.29, 1.82) is 0 Å². The molecule has 2 rings (SSSR count). The van der Waals surface area contributed by atoms with Crippen molar-refractivity contribution in [2.24, 2.45) is 0 Å². The van der Waals surface area contributed by atoms with E-state index in [1.807, 2.05) is 44.2 Å².